The molecule has 1 atom stereocenters. The number of halogens is 2. The van der Waals surface area contributed by atoms with Gasteiger partial charge in [0.25, 0.3) is 0 Å². The lowest BCUT2D eigenvalue weighted by Gasteiger charge is -2.19. The van der Waals surface area contributed by atoms with E-state index in [0.29, 0.717) is 10.9 Å². The molecular weight excluding hydrogens is 336 g/mol. The summed E-state index contributed by atoms with van der Waals surface area (Å²) >= 11 is 9.53. The fourth-order valence-electron chi connectivity index (χ4n) is 2.17. The van der Waals surface area contributed by atoms with Crippen molar-refractivity contribution in [3.05, 3.63) is 68.7 Å². The van der Waals surface area contributed by atoms with Crippen LogP contribution in [0.1, 0.15) is 42.5 Å². The van der Waals surface area contributed by atoms with Gasteiger partial charge < -0.3 is 0 Å². The number of hydrazine groups is 1. The molecule has 0 amide bonds. The van der Waals surface area contributed by atoms with Crippen molar-refractivity contribution in [3.63, 3.8) is 0 Å². The topological polar surface area (TPSA) is 38.0 Å². The van der Waals surface area contributed by atoms with Crippen LogP contribution < -0.4 is 11.3 Å². The van der Waals surface area contributed by atoms with Gasteiger partial charge in [-0.2, -0.15) is 0 Å². The van der Waals surface area contributed by atoms with Crippen molar-refractivity contribution in [2.45, 2.75) is 25.8 Å². The molecule has 0 aliphatic rings. The summed E-state index contributed by atoms with van der Waals surface area (Å²) in [5, 5.41) is 0.701. The summed E-state index contributed by atoms with van der Waals surface area (Å²) in [5.41, 5.74) is 6.38. The van der Waals surface area contributed by atoms with Gasteiger partial charge in [0.1, 0.15) is 0 Å². The Morgan fingerprint density at radius 3 is 2.15 bits per heavy atom. The van der Waals surface area contributed by atoms with E-state index in [1.54, 1.807) is 0 Å². The molecule has 2 nitrogen and oxygen atoms in total. The van der Waals surface area contributed by atoms with Crippen molar-refractivity contribution >= 4 is 27.5 Å². The maximum atomic E-state index is 5.98. The van der Waals surface area contributed by atoms with E-state index in [9.17, 15) is 0 Å². The number of hydrogen-bond donors (Lipinski definition) is 2. The molecule has 0 fully saturated rings. The second kappa shape index (κ2) is 6.72. The van der Waals surface area contributed by atoms with Crippen molar-refractivity contribution in [1.29, 1.82) is 0 Å². The highest BCUT2D eigenvalue weighted by atomic mass is 79.9. The summed E-state index contributed by atoms with van der Waals surface area (Å²) in [5.74, 6) is 6.26. The summed E-state index contributed by atoms with van der Waals surface area (Å²) in [4.78, 5) is 0. The number of nitrogens with two attached hydrogens (primary N) is 1. The fraction of sp³-hybridized carbons (Fsp3) is 0.250. The van der Waals surface area contributed by atoms with Crippen LogP contribution in [0, 0.1) is 0 Å². The zero-order valence-electron chi connectivity index (χ0n) is 11.5. The molecule has 0 aliphatic carbocycles. The largest absolute Gasteiger partial charge is 0.271 e. The summed E-state index contributed by atoms with van der Waals surface area (Å²) in [6, 6.07) is 14.2. The minimum atomic E-state index is -0.0668. The third kappa shape index (κ3) is 3.41. The lowest BCUT2D eigenvalue weighted by molar-refractivity contribution is 0.634. The predicted molar refractivity (Wildman–Crippen MR) is 88.8 cm³/mol. The Labute approximate surface area is 133 Å². The summed E-state index contributed by atoms with van der Waals surface area (Å²) in [7, 11) is 0. The Morgan fingerprint density at radius 2 is 1.65 bits per heavy atom. The van der Waals surface area contributed by atoms with Crippen molar-refractivity contribution in [3.8, 4) is 0 Å². The second-order valence-electron chi connectivity index (χ2n) is 5.09. The minimum Gasteiger partial charge on any atom is -0.271 e. The molecule has 2 aromatic rings. The van der Waals surface area contributed by atoms with E-state index in [1.165, 1.54) is 5.56 Å². The number of benzene rings is 2. The molecule has 106 valence electrons. The molecule has 0 saturated carbocycles. The third-order valence-corrected chi connectivity index (χ3v) is 4.30. The van der Waals surface area contributed by atoms with Gasteiger partial charge in [-0.25, -0.2) is 5.43 Å². The van der Waals surface area contributed by atoms with Gasteiger partial charge in [0.05, 0.1) is 6.04 Å². The highest BCUT2D eigenvalue weighted by Crippen LogP contribution is 2.30. The lowest BCUT2D eigenvalue weighted by atomic mass is 9.96. The molecule has 0 aliphatic heterocycles. The van der Waals surface area contributed by atoms with E-state index in [0.717, 1.165) is 15.6 Å². The van der Waals surface area contributed by atoms with Crippen LogP contribution in [0.3, 0.4) is 0 Å². The van der Waals surface area contributed by atoms with Crippen LogP contribution in [-0.2, 0) is 0 Å². The van der Waals surface area contributed by atoms with E-state index >= 15 is 0 Å². The molecule has 0 bridgehead atoms. The van der Waals surface area contributed by atoms with Gasteiger partial charge in [-0.15, -0.1) is 0 Å². The van der Waals surface area contributed by atoms with Crippen molar-refractivity contribution in [1.82, 2.24) is 5.43 Å². The van der Waals surface area contributed by atoms with Gasteiger partial charge in [0.2, 0.25) is 0 Å². The molecule has 2 rings (SSSR count). The van der Waals surface area contributed by atoms with Crippen LogP contribution >= 0.6 is 27.5 Å². The highest BCUT2D eigenvalue weighted by molar-refractivity contribution is 9.10. The smallest absolute Gasteiger partial charge is 0.0721 e. The molecule has 0 spiro atoms. The summed E-state index contributed by atoms with van der Waals surface area (Å²) < 4.78 is 0.945. The summed E-state index contributed by atoms with van der Waals surface area (Å²) in [6.45, 7) is 4.37. The SMILES string of the molecule is CC(C)c1ccc(C(NN)c2ccc(Cl)cc2Br)cc1. The van der Waals surface area contributed by atoms with Crippen LogP contribution in [0.15, 0.2) is 46.9 Å². The van der Waals surface area contributed by atoms with E-state index in [1.807, 2.05) is 18.2 Å². The van der Waals surface area contributed by atoms with Crippen molar-refractivity contribution in [2.24, 2.45) is 5.84 Å². The molecule has 2 aromatic carbocycles. The normalized spacial score (nSPS) is 12.7. The van der Waals surface area contributed by atoms with Gasteiger partial charge in [-0.3, -0.25) is 5.84 Å². The van der Waals surface area contributed by atoms with Gasteiger partial charge in [-0.1, -0.05) is 71.7 Å². The molecule has 3 N–H and O–H groups in total. The molecule has 0 saturated heterocycles. The van der Waals surface area contributed by atoms with E-state index in [-0.39, 0.29) is 6.04 Å². The van der Waals surface area contributed by atoms with E-state index in [4.69, 9.17) is 17.4 Å². The Balaban J connectivity index is 2.36. The average Bonchev–Trinajstić information content (AvgIpc) is 2.42. The molecular formula is C16H18BrClN2. The predicted octanol–water partition coefficient (Wildman–Crippen LogP) is 4.78. The Kier molecular flexibility index (Phi) is 5.22. The van der Waals surface area contributed by atoms with Gasteiger partial charge in [0, 0.05) is 9.50 Å². The molecule has 1 unspecified atom stereocenters. The first kappa shape index (κ1) is 15.5. The molecule has 20 heavy (non-hydrogen) atoms. The maximum Gasteiger partial charge on any atom is 0.0721 e. The van der Waals surface area contributed by atoms with Gasteiger partial charge in [0.15, 0.2) is 0 Å². The van der Waals surface area contributed by atoms with Crippen LogP contribution in [0.25, 0.3) is 0 Å². The average molecular weight is 354 g/mol. The summed E-state index contributed by atoms with van der Waals surface area (Å²) in [6.07, 6.45) is 0. The number of rotatable bonds is 4. The quantitative estimate of drug-likeness (QED) is 0.613. The molecule has 0 aromatic heterocycles. The standard InChI is InChI=1S/C16H18BrClN2/c1-10(2)11-3-5-12(6-4-11)16(20-19)14-8-7-13(18)9-15(14)17/h3-10,16,20H,19H2,1-2H3. The Hall–Kier alpha value is -0.870. The first-order chi connectivity index (χ1) is 9.52. The number of hydrogen-bond acceptors (Lipinski definition) is 2. The number of nitrogens with one attached hydrogen (secondary N) is 1. The Morgan fingerprint density at radius 1 is 1.05 bits per heavy atom. The van der Waals surface area contributed by atoms with Crippen LogP contribution in [0.4, 0.5) is 0 Å². The Bertz CT molecular complexity index is 582. The molecule has 0 radical (unpaired) electrons. The third-order valence-electron chi connectivity index (χ3n) is 3.38. The zero-order chi connectivity index (χ0) is 14.7. The van der Waals surface area contributed by atoms with Crippen LogP contribution in [0.2, 0.25) is 5.02 Å². The maximum absolute atomic E-state index is 5.98. The van der Waals surface area contributed by atoms with E-state index in [2.05, 4.69) is 59.5 Å². The van der Waals surface area contributed by atoms with Crippen molar-refractivity contribution < 1.29 is 0 Å². The second-order valence-corrected chi connectivity index (χ2v) is 6.38. The fourth-order valence-corrected chi connectivity index (χ4v) is 3.09. The molecule has 4 heteroatoms. The van der Waals surface area contributed by atoms with Crippen molar-refractivity contribution in [2.75, 3.05) is 0 Å². The first-order valence-corrected chi connectivity index (χ1v) is 7.71. The first-order valence-electron chi connectivity index (χ1n) is 6.54. The van der Waals surface area contributed by atoms with Crippen LogP contribution in [0.5, 0.6) is 0 Å². The lowest BCUT2D eigenvalue weighted by Crippen LogP contribution is -2.29. The monoisotopic (exact) mass is 352 g/mol. The van der Waals surface area contributed by atoms with E-state index < -0.39 is 0 Å². The van der Waals surface area contributed by atoms with Gasteiger partial charge >= 0.3 is 0 Å². The highest BCUT2D eigenvalue weighted by Gasteiger charge is 2.15. The minimum absolute atomic E-state index is 0.0668. The van der Waals surface area contributed by atoms with Crippen LogP contribution in [-0.4, -0.2) is 0 Å². The molecule has 0 heterocycles. The van der Waals surface area contributed by atoms with Gasteiger partial charge in [-0.05, 0) is 34.7 Å². The zero-order valence-corrected chi connectivity index (χ0v) is 13.9.